The van der Waals surface area contributed by atoms with Crippen LogP contribution in [0.1, 0.15) is 13.8 Å². The standard InChI is InChI=1S/C6H10O4/c1-6(2,10)4(7)3-5(8)9/h3,7,10H,1-2H3,(H,8,9)/b4-3-. The van der Waals surface area contributed by atoms with Crippen molar-refractivity contribution in [2.75, 3.05) is 0 Å². The van der Waals surface area contributed by atoms with Crippen LogP contribution >= 0.6 is 0 Å². The number of hydrogen-bond acceptors (Lipinski definition) is 3. The average molecular weight is 146 g/mol. The number of carboxylic acid groups (broad SMARTS) is 1. The van der Waals surface area contributed by atoms with E-state index in [1.165, 1.54) is 13.8 Å². The third kappa shape index (κ3) is 3.09. The van der Waals surface area contributed by atoms with Gasteiger partial charge < -0.3 is 15.3 Å². The smallest absolute Gasteiger partial charge is 0.331 e. The predicted octanol–water partition coefficient (Wildman–Crippen LogP) is 0.284. The molecule has 0 rings (SSSR count). The zero-order valence-electron chi connectivity index (χ0n) is 5.83. The molecular formula is C6H10O4. The van der Waals surface area contributed by atoms with Gasteiger partial charge in [-0.15, -0.1) is 0 Å². The van der Waals surface area contributed by atoms with Crippen LogP contribution in [-0.4, -0.2) is 26.9 Å². The van der Waals surface area contributed by atoms with Gasteiger partial charge in [-0.1, -0.05) is 0 Å². The lowest BCUT2D eigenvalue weighted by Crippen LogP contribution is -2.22. The second-order valence-electron chi connectivity index (χ2n) is 2.43. The lowest BCUT2D eigenvalue weighted by molar-refractivity contribution is -0.131. The highest BCUT2D eigenvalue weighted by molar-refractivity contribution is 5.80. The summed E-state index contributed by atoms with van der Waals surface area (Å²) in [5, 5.41) is 25.8. The first-order valence-electron chi connectivity index (χ1n) is 2.70. The Kier molecular flexibility index (Phi) is 2.42. The largest absolute Gasteiger partial charge is 0.509 e. The molecule has 0 unspecified atom stereocenters. The molecule has 0 heterocycles. The third-order valence-electron chi connectivity index (χ3n) is 0.887. The summed E-state index contributed by atoms with van der Waals surface area (Å²) in [6, 6.07) is 0. The minimum Gasteiger partial charge on any atom is -0.509 e. The molecule has 0 aromatic heterocycles. The number of aliphatic hydroxyl groups excluding tert-OH is 1. The van der Waals surface area contributed by atoms with Gasteiger partial charge in [0.15, 0.2) is 0 Å². The van der Waals surface area contributed by atoms with Crippen molar-refractivity contribution in [2.45, 2.75) is 19.4 Å². The number of aliphatic carboxylic acids is 1. The van der Waals surface area contributed by atoms with Gasteiger partial charge in [0, 0.05) is 0 Å². The minimum absolute atomic E-state index is 0.556. The zero-order chi connectivity index (χ0) is 8.36. The molecule has 3 N–H and O–H groups in total. The van der Waals surface area contributed by atoms with Gasteiger partial charge in [0.05, 0.1) is 6.08 Å². The van der Waals surface area contributed by atoms with Crippen molar-refractivity contribution in [3.63, 3.8) is 0 Å². The number of rotatable bonds is 2. The first kappa shape index (κ1) is 8.97. The SMILES string of the molecule is CC(C)(O)/C(O)=C/C(=O)O. The third-order valence-corrected chi connectivity index (χ3v) is 0.887. The van der Waals surface area contributed by atoms with Crippen LogP contribution < -0.4 is 0 Å². The molecular weight excluding hydrogens is 136 g/mol. The monoisotopic (exact) mass is 146 g/mol. The summed E-state index contributed by atoms with van der Waals surface area (Å²) < 4.78 is 0. The molecule has 4 heteroatoms. The molecule has 0 spiro atoms. The molecule has 58 valence electrons. The topological polar surface area (TPSA) is 77.8 Å². The van der Waals surface area contributed by atoms with E-state index in [9.17, 15) is 4.79 Å². The summed E-state index contributed by atoms with van der Waals surface area (Å²) in [6.45, 7) is 2.59. The Hall–Kier alpha value is -1.03. The molecule has 0 bridgehead atoms. The lowest BCUT2D eigenvalue weighted by Gasteiger charge is -2.14. The van der Waals surface area contributed by atoms with E-state index in [1.807, 2.05) is 0 Å². The Morgan fingerprint density at radius 1 is 1.40 bits per heavy atom. The maximum absolute atomic E-state index is 9.91. The molecule has 0 aliphatic heterocycles. The maximum atomic E-state index is 9.91. The van der Waals surface area contributed by atoms with Crippen molar-refractivity contribution in [2.24, 2.45) is 0 Å². The highest BCUT2D eigenvalue weighted by atomic mass is 16.4. The molecule has 0 radical (unpaired) electrons. The second kappa shape index (κ2) is 2.70. The Labute approximate surface area is 58.4 Å². The molecule has 0 aliphatic carbocycles. The van der Waals surface area contributed by atoms with Gasteiger partial charge in [0.1, 0.15) is 11.4 Å². The van der Waals surface area contributed by atoms with Gasteiger partial charge in [-0.25, -0.2) is 4.79 Å². The fraction of sp³-hybridized carbons (Fsp3) is 0.500. The van der Waals surface area contributed by atoms with E-state index in [4.69, 9.17) is 15.3 Å². The van der Waals surface area contributed by atoms with Crippen LogP contribution in [0.25, 0.3) is 0 Å². The molecule has 0 saturated carbocycles. The summed E-state index contributed by atoms with van der Waals surface area (Å²) in [4.78, 5) is 9.91. The van der Waals surface area contributed by atoms with Gasteiger partial charge in [-0.2, -0.15) is 0 Å². The van der Waals surface area contributed by atoms with E-state index in [0.717, 1.165) is 0 Å². The lowest BCUT2D eigenvalue weighted by atomic mass is 10.1. The predicted molar refractivity (Wildman–Crippen MR) is 34.6 cm³/mol. The van der Waals surface area contributed by atoms with Gasteiger partial charge in [0.25, 0.3) is 0 Å². The molecule has 0 aliphatic rings. The van der Waals surface area contributed by atoms with Gasteiger partial charge in [0.2, 0.25) is 0 Å². The van der Waals surface area contributed by atoms with Crippen LogP contribution in [0.4, 0.5) is 0 Å². The van der Waals surface area contributed by atoms with Gasteiger partial charge in [-0.3, -0.25) is 0 Å². The molecule has 0 fully saturated rings. The first-order valence-corrected chi connectivity index (χ1v) is 2.70. The maximum Gasteiger partial charge on any atom is 0.331 e. The highest BCUT2D eigenvalue weighted by Crippen LogP contribution is 2.10. The van der Waals surface area contributed by atoms with Crippen molar-refractivity contribution < 1.29 is 20.1 Å². The van der Waals surface area contributed by atoms with E-state index in [2.05, 4.69) is 0 Å². The fourth-order valence-electron chi connectivity index (χ4n) is 0.294. The van der Waals surface area contributed by atoms with Gasteiger partial charge in [-0.05, 0) is 13.8 Å². The summed E-state index contributed by atoms with van der Waals surface area (Å²) in [7, 11) is 0. The van der Waals surface area contributed by atoms with Crippen molar-refractivity contribution in [1.29, 1.82) is 0 Å². The Morgan fingerprint density at radius 2 is 1.80 bits per heavy atom. The van der Waals surface area contributed by atoms with Crippen LogP contribution in [0.5, 0.6) is 0 Å². The van der Waals surface area contributed by atoms with E-state index in [1.54, 1.807) is 0 Å². The quantitative estimate of drug-likeness (QED) is 0.386. The van der Waals surface area contributed by atoms with Crippen LogP contribution in [0.15, 0.2) is 11.8 Å². The van der Waals surface area contributed by atoms with Crippen LogP contribution in [0.2, 0.25) is 0 Å². The van der Waals surface area contributed by atoms with Crippen molar-refractivity contribution >= 4 is 5.97 Å². The number of hydrogen-bond donors (Lipinski definition) is 3. The summed E-state index contributed by atoms with van der Waals surface area (Å²) >= 11 is 0. The number of carbonyl (C=O) groups is 1. The average Bonchev–Trinajstić information content (AvgIpc) is 1.60. The van der Waals surface area contributed by atoms with Gasteiger partial charge >= 0.3 is 5.97 Å². The van der Waals surface area contributed by atoms with E-state index < -0.39 is 17.3 Å². The Bertz CT molecular complexity index is 163. The van der Waals surface area contributed by atoms with Crippen LogP contribution in [0, 0.1) is 0 Å². The summed E-state index contributed by atoms with van der Waals surface area (Å²) in [6.07, 6.45) is 0.556. The molecule has 0 aromatic carbocycles. The van der Waals surface area contributed by atoms with Crippen molar-refractivity contribution in [1.82, 2.24) is 0 Å². The van der Waals surface area contributed by atoms with Crippen molar-refractivity contribution in [3.8, 4) is 0 Å². The molecule has 0 saturated heterocycles. The molecule has 10 heavy (non-hydrogen) atoms. The molecule has 0 aromatic rings. The van der Waals surface area contributed by atoms with E-state index in [0.29, 0.717) is 6.08 Å². The molecule has 0 amide bonds. The molecule has 0 atom stereocenters. The van der Waals surface area contributed by atoms with Crippen LogP contribution in [-0.2, 0) is 4.79 Å². The molecule has 4 nitrogen and oxygen atoms in total. The number of carboxylic acids is 1. The normalized spacial score (nSPS) is 13.3. The summed E-state index contributed by atoms with van der Waals surface area (Å²) in [5.41, 5.74) is -1.47. The number of aliphatic hydroxyl groups is 2. The zero-order valence-corrected chi connectivity index (χ0v) is 5.83. The summed E-state index contributed by atoms with van der Waals surface area (Å²) in [5.74, 6) is -1.83. The first-order chi connectivity index (χ1) is 4.34. The second-order valence-corrected chi connectivity index (χ2v) is 2.43. The van der Waals surface area contributed by atoms with Crippen LogP contribution in [0.3, 0.4) is 0 Å². The Balaban J connectivity index is 4.35. The van der Waals surface area contributed by atoms with E-state index in [-0.39, 0.29) is 0 Å². The Morgan fingerprint density at radius 3 is 1.90 bits per heavy atom. The fourth-order valence-corrected chi connectivity index (χ4v) is 0.294. The highest BCUT2D eigenvalue weighted by Gasteiger charge is 2.18. The minimum atomic E-state index is -1.47. The van der Waals surface area contributed by atoms with Crippen molar-refractivity contribution in [3.05, 3.63) is 11.8 Å². The van der Waals surface area contributed by atoms with E-state index >= 15 is 0 Å².